The zero-order valence-electron chi connectivity index (χ0n) is 14.5. The Labute approximate surface area is 148 Å². The molecule has 1 aliphatic carbocycles. The van der Waals surface area contributed by atoms with Crippen molar-refractivity contribution in [3.05, 3.63) is 30.1 Å². The first-order chi connectivity index (χ1) is 12.3. The van der Waals surface area contributed by atoms with E-state index < -0.39 is 0 Å². The number of hydrogen-bond acceptors (Lipinski definition) is 5. The van der Waals surface area contributed by atoms with Gasteiger partial charge in [0.15, 0.2) is 0 Å². The molecule has 1 amide bonds. The van der Waals surface area contributed by atoms with Crippen molar-refractivity contribution in [2.45, 2.75) is 38.0 Å². The average Bonchev–Trinajstić information content (AvgIpc) is 3.31. The van der Waals surface area contributed by atoms with E-state index in [2.05, 4.69) is 9.88 Å². The third-order valence-electron chi connectivity index (χ3n) is 5.53. The topological polar surface area (TPSA) is 60.9 Å². The number of pyridine rings is 1. The van der Waals surface area contributed by atoms with E-state index in [1.165, 1.54) is 0 Å². The molecule has 0 spiro atoms. The molecule has 3 aliphatic rings. The maximum absolute atomic E-state index is 12.8. The van der Waals surface area contributed by atoms with Gasteiger partial charge in [-0.25, -0.2) is 0 Å². The van der Waals surface area contributed by atoms with E-state index in [4.69, 9.17) is 14.2 Å². The third-order valence-corrected chi connectivity index (χ3v) is 5.53. The second-order valence-electron chi connectivity index (χ2n) is 7.24. The van der Waals surface area contributed by atoms with Crippen LogP contribution in [0.15, 0.2) is 24.4 Å². The Kier molecular flexibility index (Phi) is 5.29. The van der Waals surface area contributed by atoms with Gasteiger partial charge in [-0.15, -0.1) is 0 Å². The molecule has 1 saturated carbocycles. The monoisotopic (exact) mass is 346 g/mol. The minimum Gasteiger partial charge on any atom is -0.381 e. The van der Waals surface area contributed by atoms with Crippen LogP contribution < -0.4 is 0 Å². The summed E-state index contributed by atoms with van der Waals surface area (Å²) in [7, 11) is 0. The highest BCUT2D eigenvalue weighted by molar-refractivity contribution is 5.79. The summed E-state index contributed by atoms with van der Waals surface area (Å²) >= 11 is 0. The minimum atomic E-state index is 0.0400. The first-order valence-corrected chi connectivity index (χ1v) is 9.29. The van der Waals surface area contributed by atoms with Gasteiger partial charge < -0.3 is 19.1 Å². The SMILES string of the molecule is O=C([C@@H]1CCOC1)N1CCO[C@@H]2C[C@H](COCc3ccccn3)C[C@H]21. The van der Waals surface area contributed by atoms with Gasteiger partial charge in [0.2, 0.25) is 5.91 Å². The number of morpholine rings is 1. The number of aromatic nitrogens is 1. The van der Waals surface area contributed by atoms with Crippen molar-refractivity contribution < 1.29 is 19.0 Å². The smallest absolute Gasteiger partial charge is 0.228 e. The molecule has 4 rings (SSSR count). The molecule has 3 heterocycles. The van der Waals surface area contributed by atoms with E-state index in [0.29, 0.717) is 45.5 Å². The zero-order chi connectivity index (χ0) is 17.1. The summed E-state index contributed by atoms with van der Waals surface area (Å²) in [6.45, 7) is 3.86. The van der Waals surface area contributed by atoms with Gasteiger partial charge in [-0.2, -0.15) is 0 Å². The molecule has 1 aromatic heterocycles. The number of amides is 1. The average molecular weight is 346 g/mol. The van der Waals surface area contributed by atoms with Crippen LogP contribution >= 0.6 is 0 Å². The molecular weight excluding hydrogens is 320 g/mol. The van der Waals surface area contributed by atoms with Crippen molar-refractivity contribution in [2.75, 3.05) is 33.0 Å². The summed E-state index contributed by atoms with van der Waals surface area (Å²) in [6.07, 6.45) is 4.73. The summed E-state index contributed by atoms with van der Waals surface area (Å²) in [5.74, 6) is 0.732. The van der Waals surface area contributed by atoms with Crippen LogP contribution in [-0.2, 0) is 25.6 Å². The normalized spacial score (nSPS) is 31.9. The predicted molar refractivity (Wildman–Crippen MR) is 90.8 cm³/mol. The van der Waals surface area contributed by atoms with Crippen LogP contribution in [-0.4, -0.2) is 60.9 Å². The molecule has 0 aromatic carbocycles. The molecule has 3 fully saturated rings. The van der Waals surface area contributed by atoms with Gasteiger partial charge in [0.05, 0.1) is 50.2 Å². The lowest BCUT2D eigenvalue weighted by atomic mass is 10.0. The number of fused-ring (bicyclic) bond motifs is 1. The molecule has 6 heteroatoms. The number of ether oxygens (including phenoxy) is 3. The van der Waals surface area contributed by atoms with E-state index >= 15 is 0 Å². The molecule has 2 saturated heterocycles. The Morgan fingerprint density at radius 3 is 3.08 bits per heavy atom. The van der Waals surface area contributed by atoms with Crippen molar-refractivity contribution in [3.63, 3.8) is 0 Å². The van der Waals surface area contributed by atoms with E-state index in [9.17, 15) is 4.79 Å². The fraction of sp³-hybridized carbons (Fsp3) is 0.684. The minimum absolute atomic E-state index is 0.0400. The van der Waals surface area contributed by atoms with Crippen LogP contribution in [0.5, 0.6) is 0 Å². The third kappa shape index (κ3) is 3.86. The lowest BCUT2D eigenvalue weighted by Crippen LogP contribution is -2.53. The maximum atomic E-state index is 12.8. The van der Waals surface area contributed by atoms with Crippen molar-refractivity contribution in [2.24, 2.45) is 11.8 Å². The van der Waals surface area contributed by atoms with Crippen LogP contribution in [0.4, 0.5) is 0 Å². The highest BCUT2D eigenvalue weighted by Gasteiger charge is 2.44. The highest BCUT2D eigenvalue weighted by atomic mass is 16.5. The predicted octanol–water partition coefficient (Wildman–Crippen LogP) is 1.64. The molecule has 2 aliphatic heterocycles. The Morgan fingerprint density at radius 1 is 1.32 bits per heavy atom. The van der Waals surface area contributed by atoms with Gasteiger partial charge in [0.1, 0.15) is 0 Å². The molecule has 6 nitrogen and oxygen atoms in total. The zero-order valence-corrected chi connectivity index (χ0v) is 14.5. The van der Waals surface area contributed by atoms with Crippen LogP contribution in [0.1, 0.15) is 25.0 Å². The van der Waals surface area contributed by atoms with Crippen molar-refractivity contribution in [3.8, 4) is 0 Å². The van der Waals surface area contributed by atoms with Gasteiger partial charge in [0.25, 0.3) is 0 Å². The fourth-order valence-corrected chi connectivity index (χ4v) is 4.24. The van der Waals surface area contributed by atoms with E-state index in [-0.39, 0.29) is 24.0 Å². The Morgan fingerprint density at radius 2 is 2.28 bits per heavy atom. The Bertz CT molecular complexity index is 576. The van der Waals surface area contributed by atoms with Gasteiger partial charge in [-0.1, -0.05) is 6.07 Å². The van der Waals surface area contributed by atoms with Gasteiger partial charge in [-0.3, -0.25) is 9.78 Å². The fourth-order valence-electron chi connectivity index (χ4n) is 4.24. The van der Waals surface area contributed by atoms with Crippen LogP contribution in [0, 0.1) is 11.8 Å². The maximum Gasteiger partial charge on any atom is 0.228 e. The van der Waals surface area contributed by atoms with Crippen LogP contribution in [0.2, 0.25) is 0 Å². The summed E-state index contributed by atoms with van der Waals surface area (Å²) in [5.41, 5.74) is 0.951. The number of hydrogen-bond donors (Lipinski definition) is 0. The highest BCUT2D eigenvalue weighted by Crippen LogP contribution is 2.35. The van der Waals surface area contributed by atoms with Crippen molar-refractivity contribution in [1.29, 1.82) is 0 Å². The quantitative estimate of drug-likeness (QED) is 0.811. The largest absolute Gasteiger partial charge is 0.381 e. The standard InChI is InChI=1S/C19H26N2O4/c22-19(15-4-7-23-12-15)21-6-8-25-18-10-14(9-17(18)21)11-24-13-16-3-1-2-5-20-16/h1-3,5,14-15,17-18H,4,6-13H2/t14-,15-,17-,18-/m1/s1. The number of carbonyl (C=O) groups is 1. The van der Waals surface area contributed by atoms with E-state index in [1.807, 2.05) is 18.2 Å². The first-order valence-electron chi connectivity index (χ1n) is 9.29. The second-order valence-corrected chi connectivity index (χ2v) is 7.24. The first kappa shape index (κ1) is 16.9. The Balaban J connectivity index is 1.30. The molecule has 1 aromatic rings. The van der Waals surface area contributed by atoms with Crippen molar-refractivity contribution in [1.82, 2.24) is 9.88 Å². The van der Waals surface area contributed by atoms with Gasteiger partial charge in [0, 0.05) is 19.3 Å². The lowest BCUT2D eigenvalue weighted by molar-refractivity contribution is -0.148. The summed E-state index contributed by atoms with van der Waals surface area (Å²) in [6, 6.07) is 6.05. The van der Waals surface area contributed by atoms with Gasteiger partial charge >= 0.3 is 0 Å². The summed E-state index contributed by atoms with van der Waals surface area (Å²) < 4.78 is 17.2. The summed E-state index contributed by atoms with van der Waals surface area (Å²) in [4.78, 5) is 19.1. The molecule has 25 heavy (non-hydrogen) atoms. The molecule has 0 bridgehead atoms. The Hall–Kier alpha value is -1.50. The summed E-state index contributed by atoms with van der Waals surface area (Å²) in [5, 5.41) is 0. The second kappa shape index (κ2) is 7.81. The lowest BCUT2D eigenvalue weighted by Gasteiger charge is -2.38. The molecule has 0 radical (unpaired) electrons. The molecular formula is C19H26N2O4. The number of carbonyl (C=O) groups excluding carboxylic acids is 1. The number of rotatable bonds is 5. The van der Waals surface area contributed by atoms with Gasteiger partial charge in [-0.05, 0) is 37.3 Å². The van der Waals surface area contributed by atoms with E-state index in [0.717, 1.165) is 25.0 Å². The van der Waals surface area contributed by atoms with Crippen LogP contribution in [0.3, 0.4) is 0 Å². The molecule has 0 N–H and O–H groups in total. The van der Waals surface area contributed by atoms with E-state index in [1.54, 1.807) is 6.20 Å². The van der Waals surface area contributed by atoms with Crippen molar-refractivity contribution >= 4 is 5.91 Å². The number of nitrogens with zero attached hydrogens (tertiary/aromatic N) is 2. The molecule has 0 unspecified atom stereocenters. The molecule has 136 valence electrons. The molecule has 4 atom stereocenters. The van der Waals surface area contributed by atoms with Crippen LogP contribution in [0.25, 0.3) is 0 Å².